The van der Waals surface area contributed by atoms with E-state index in [1.54, 1.807) is 12.1 Å². The van der Waals surface area contributed by atoms with E-state index in [4.69, 9.17) is 0 Å². The Morgan fingerprint density at radius 3 is 2.70 bits per heavy atom. The van der Waals surface area contributed by atoms with Gasteiger partial charge in [0.15, 0.2) is 4.34 Å². The van der Waals surface area contributed by atoms with Crippen molar-refractivity contribution in [1.29, 1.82) is 0 Å². The second-order valence-corrected chi connectivity index (χ2v) is 7.61. The monoisotopic (exact) mass is 311 g/mol. The van der Waals surface area contributed by atoms with E-state index in [1.165, 1.54) is 29.4 Å². The molecule has 0 radical (unpaired) electrons. The predicted molar refractivity (Wildman–Crippen MR) is 81.8 cm³/mol. The lowest BCUT2D eigenvalue weighted by atomic mass is 10.1. The first-order valence-corrected chi connectivity index (χ1v) is 7.94. The minimum absolute atomic E-state index is 0.00637. The van der Waals surface area contributed by atoms with Crippen LogP contribution in [0.1, 0.15) is 32.2 Å². The van der Waals surface area contributed by atoms with E-state index in [2.05, 4.69) is 35.4 Å². The van der Waals surface area contributed by atoms with Gasteiger partial charge in [-0.15, -0.1) is 0 Å². The van der Waals surface area contributed by atoms with Gasteiger partial charge in [0.1, 0.15) is 11.6 Å². The molecule has 0 saturated carbocycles. The summed E-state index contributed by atoms with van der Waals surface area (Å²) in [4.78, 5) is 5.35. The molecule has 1 N–H and O–H groups in total. The van der Waals surface area contributed by atoms with Crippen LogP contribution in [0.15, 0.2) is 27.4 Å². The Morgan fingerprint density at radius 1 is 1.35 bits per heavy atom. The van der Waals surface area contributed by atoms with Gasteiger partial charge in [0.25, 0.3) is 0 Å². The van der Waals surface area contributed by atoms with Crippen LogP contribution >= 0.6 is 23.3 Å². The fraction of sp³-hybridized carbons (Fsp3) is 0.429. The van der Waals surface area contributed by atoms with Crippen LogP contribution in [-0.2, 0) is 6.54 Å². The number of hydrogen-bond donors (Lipinski definition) is 1. The second kappa shape index (κ2) is 6.20. The first-order valence-electron chi connectivity index (χ1n) is 6.35. The van der Waals surface area contributed by atoms with E-state index in [9.17, 15) is 4.39 Å². The minimum atomic E-state index is -0.214. The molecule has 1 aromatic carbocycles. The summed E-state index contributed by atoms with van der Waals surface area (Å²) in [5.41, 5.74) is 0.936. The molecule has 20 heavy (non-hydrogen) atoms. The van der Waals surface area contributed by atoms with Crippen molar-refractivity contribution in [2.24, 2.45) is 0 Å². The highest BCUT2D eigenvalue weighted by molar-refractivity contribution is 8.01. The molecule has 0 bridgehead atoms. The molecular formula is C14H18FN3S2. The standard InChI is InChI=1S/C14H18FN3S2/c1-9-17-13(20-18-9)19-12-6-5-11(15)7-10(12)8-16-14(2,3)4/h5-7,16H,8H2,1-4H3. The third-order valence-corrected chi connectivity index (χ3v) is 4.50. The van der Waals surface area contributed by atoms with Crippen LogP contribution in [0.3, 0.4) is 0 Å². The Balaban J connectivity index is 2.19. The fourth-order valence-corrected chi connectivity index (χ4v) is 3.28. The molecule has 6 heteroatoms. The van der Waals surface area contributed by atoms with Crippen molar-refractivity contribution in [1.82, 2.24) is 14.7 Å². The van der Waals surface area contributed by atoms with Gasteiger partial charge in [0.05, 0.1) is 0 Å². The lowest BCUT2D eigenvalue weighted by Crippen LogP contribution is -2.35. The quantitative estimate of drug-likeness (QED) is 0.925. The topological polar surface area (TPSA) is 37.8 Å². The number of benzene rings is 1. The van der Waals surface area contributed by atoms with Crippen LogP contribution in [0.2, 0.25) is 0 Å². The van der Waals surface area contributed by atoms with Crippen molar-refractivity contribution < 1.29 is 4.39 Å². The molecule has 2 rings (SSSR count). The van der Waals surface area contributed by atoms with Gasteiger partial charge in [-0.1, -0.05) is 11.8 Å². The summed E-state index contributed by atoms with van der Waals surface area (Å²) in [5.74, 6) is 0.558. The SMILES string of the molecule is Cc1nsc(Sc2ccc(F)cc2CNC(C)(C)C)n1. The summed E-state index contributed by atoms with van der Waals surface area (Å²) < 4.78 is 18.5. The van der Waals surface area contributed by atoms with E-state index in [-0.39, 0.29) is 11.4 Å². The van der Waals surface area contributed by atoms with E-state index >= 15 is 0 Å². The molecular weight excluding hydrogens is 293 g/mol. The number of rotatable bonds is 4. The van der Waals surface area contributed by atoms with E-state index < -0.39 is 0 Å². The summed E-state index contributed by atoms with van der Waals surface area (Å²) in [6.45, 7) is 8.77. The molecule has 0 aliphatic carbocycles. The van der Waals surface area contributed by atoms with Gasteiger partial charge < -0.3 is 5.32 Å². The molecule has 0 saturated heterocycles. The third-order valence-electron chi connectivity index (χ3n) is 2.54. The Labute approximate surface area is 127 Å². The van der Waals surface area contributed by atoms with Crippen LogP contribution < -0.4 is 5.32 Å². The van der Waals surface area contributed by atoms with Crippen molar-refractivity contribution in [3.05, 3.63) is 35.4 Å². The van der Waals surface area contributed by atoms with Crippen molar-refractivity contribution >= 4 is 23.3 Å². The molecule has 0 atom stereocenters. The highest BCUT2D eigenvalue weighted by atomic mass is 32.2. The Morgan fingerprint density at radius 2 is 2.10 bits per heavy atom. The van der Waals surface area contributed by atoms with Crippen molar-refractivity contribution in [3.63, 3.8) is 0 Å². The maximum absolute atomic E-state index is 13.4. The van der Waals surface area contributed by atoms with Gasteiger partial charge in [0, 0.05) is 17.0 Å². The number of aryl methyl sites for hydroxylation is 1. The van der Waals surface area contributed by atoms with Gasteiger partial charge >= 0.3 is 0 Å². The summed E-state index contributed by atoms with van der Waals surface area (Å²) >= 11 is 2.90. The smallest absolute Gasteiger partial charge is 0.174 e. The minimum Gasteiger partial charge on any atom is -0.308 e. The summed E-state index contributed by atoms with van der Waals surface area (Å²) in [6, 6.07) is 4.86. The second-order valence-electron chi connectivity index (χ2n) is 5.57. The number of halogens is 1. The molecule has 0 unspecified atom stereocenters. The van der Waals surface area contributed by atoms with Crippen LogP contribution in [0.5, 0.6) is 0 Å². The molecule has 3 nitrogen and oxygen atoms in total. The number of aromatic nitrogens is 2. The molecule has 108 valence electrons. The molecule has 0 amide bonds. The molecule has 0 aliphatic rings. The van der Waals surface area contributed by atoms with Gasteiger partial charge in [-0.25, -0.2) is 9.37 Å². The zero-order valence-corrected chi connectivity index (χ0v) is 13.7. The van der Waals surface area contributed by atoms with Crippen molar-refractivity contribution in [2.75, 3.05) is 0 Å². The number of nitrogens with one attached hydrogen (secondary N) is 1. The zero-order chi connectivity index (χ0) is 14.8. The fourth-order valence-electron chi connectivity index (χ4n) is 1.56. The molecule has 2 aromatic rings. The van der Waals surface area contributed by atoms with E-state index in [1.807, 2.05) is 6.92 Å². The van der Waals surface area contributed by atoms with E-state index in [0.29, 0.717) is 6.54 Å². The van der Waals surface area contributed by atoms with Gasteiger partial charge in [-0.2, -0.15) is 4.37 Å². The third kappa shape index (κ3) is 4.54. The number of hydrogen-bond acceptors (Lipinski definition) is 5. The zero-order valence-electron chi connectivity index (χ0n) is 12.0. The highest BCUT2D eigenvalue weighted by Gasteiger charge is 2.13. The normalized spacial score (nSPS) is 11.8. The Kier molecular flexibility index (Phi) is 4.78. The predicted octanol–water partition coefficient (Wildman–Crippen LogP) is 4.02. The highest BCUT2D eigenvalue weighted by Crippen LogP contribution is 2.32. The maximum atomic E-state index is 13.4. The van der Waals surface area contributed by atoms with Crippen LogP contribution in [0.25, 0.3) is 0 Å². The first-order chi connectivity index (χ1) is 9.33. The van der Waals surface area contributed by atoms with Gasteiger partial charge in [-0.3, -0.25) is 0 Å². The lowest BCUT2D eigenvalue weighted by molar-refractivity contribution is 0.422. The molecule has 0 fully saturated rings. The first kappa shape index (κ1) is 15.4. The van der Waals surface area contributed by atoms with Crippen molar-refractivity contribution in [3.8, 4) is 0 Å². The van der Waals surface area contributed by atoms with Gasteiger partial charge in [-0.05, 0) is 63.0 Å². The number of nitrogens with zero attached hydrogens (tertiary/aromatic N) is 2. The summed E-state index contributed by atoms with van der Waals surface area (Å²) in [6.07, 6.45) is 0. The molecule has 1 heterocycles. The molecule has 0 aliphatic heterocycles. The van der Waals surface area contributed by atoms with Gasteiger partial charge in [0.2, 0.25) is 0 Å². The summed E-state index contributed by atoms with van der Waals surface area (Å²) in [5, 5.41) is 3.38. The average molecular weight is 311 g/mol. The lowest BCUT2D eigenvalue weighted by Gasteiger charge is -2.21. The molecule has 0 spiro atoms. The van der Waals surface area contributed by atoms with Crippen LogP contribution in [0.4, 0.5) is 4.39 Å². The van der Waals surface area contributed by atoms with Crippen LogP contribution in [-0.4, -0.2) is 14.9 Å². The van der Waals surface area contributed by atoms with E-state index in [0.717, 1.165) is 20.6 Å². The Bertz CT molecular complexity index is 590. The largest absolute Gasteiger partial charge is 0.308 e. The van der Waals surface area contributed by atoms with Crippen molar-refractivity contribution in [2.45, 2.75) is 49.0 Å². The maximum Gasteiger partial charge on any atom is 0.174 e. The average Bonchev–Trinajstić information content (AvgIpc) is 2.74. The molecule has 1 aromatic heterocycles. The van der Waals surface area contributed by atoms with Crippen LogP contribution in [0, 0.1) is 12.7 Å². The summed E-state index contributed by atoms with van der Waals surface area (Å²) in [7, 11) is 0. The Hall–Kier alpha value is -0.980.